The molecule has 0 heterocycles. The minimum atomic E-state index is -5.23. The van der Waals surface area contributed by atoms with Crippen molar-refractivity contribution >= 4 is 0 Å². The molecular weight excluding hydrogens is 437 g/mol. The molecule has 8 heteroatoms. The van der Waals surface area contributed by atoms with Crippen molar-refractivity contribution in [1.82, 2.24) is 0 Å². The third-order valence-electron chi connectivity index (χ3n) is 6.64. The van der Waals surface area contributed by atoms with Gasteiger partial charge < -0.3 is 4.74 Å². The highest BCUT2D eigenvalue weighted by molar-refractivity contribution is 5.40. The molecule has 0 aromatic heterocycles. The summed E-state index contributed by atoms with van der Waals surface area (Å²) in [6, 6.07) is 3.95. The predicted molar refractivity (Wildman–Crippen MR) is 104 cm³/mol. The Morgan fingerprint density at radius 1 is 0.906 bits per heavy atom. The van der Waals surface area contributed by atoms with E-state index in [1.807, 2.05) is 19.1 Å². The number of halogens is 7. The maximum absolute atomic E-state index is 14.5. The third-order valence-corrected chi connectivity index (χ3v) is 6.64. The van der Waals surface area contributed by atoms with Gasteiger partial charge in [0.1, 0.15) is 11.6 Å². The molecule has 1 fully saturated rings. The highest BCUT2D eigenvalue weighted by Crippen LogP contribution is 2.55. The van der Waals surface area contributed by atoms with Gasteiger partial charge in [0.25, 0.3) is 0 Å². The van der Waals surface area contributed by atoms with Gasteiger partial charge in [-0.3, -0.25) is 0 Å². The first-order valence-corrected chi connectivity index (χ1v) is 10.4. The summed E-state index contributed by atoms with van der Waals surface area (Å²) in [4.78, 5) is 0. The van der Waals surface area contributed by atoms with E-state index in [4.69, 9.17) is 0 Å². The Morgan fingerprint density at radius 2 is 1.59 bits per heavy atom. The second kappa shape index (κ2) is 8.45. The Bertz CT molecular complexity index is 1020. The van der Waals surface area contributed by atoms with Crippen molar-refractivity contribution < 1.29 is 35.5 Å². The molecule has 32 heavy (non-hydrogen) atoms. The molecule has 0 spiro atoms. The molecule has 2 aliphatic rings. The van der Waals surface area contributed by atoms with Crippen LogP contribution in [0.15, 0.2) is 36.4 Å². The molecule has 1 saturated carbocycles. The molecular formula is C24H21F7O. The Hall–Kier alpha value is -2.51. The van der Waals surface area contributed by atoms with Crippen LogP contribution in [0.5, 0.6) is 5.75 Å². The summed E-state index contributed by atoms with van der Waals surface area (Å²) in [6.45, 7) is 1.81. The quantitative estimate of drug-likeness (QED) is 0.341. The van der Waals surface area contributed by atoms with Crippen molar-refractivity contribution in [1.29, 1.82) is 0 Å². The van der Waals surface area contributed by atoms with Gasteiger partial charge in [-0.2, -0.15) is 0 Å². The Kier molecular flexibility index (Phi) is 5.98. The minimum absolute atomic E-state index is 0.116. The molecule has 0 N–H and O–H groups in total. The fourth-order valence-electron chi connectivity index (χ4n) is 5.57. The first-order valence-electron chi connectivity index (χ1n) is 10.4. The minimum Gasteiger partial charge on any atom is -0.399 e. The fraction of sp³-hybridized carbons (Fsp3) is 0.417. The van der Waals surface area contributed by atoms with Crippen molar-refractivity contribution in [3.05, 3.63) is 76.4 Å². The van der Waals surface area contributed by atoms with Crippen LogP contribution in [-0.2, 0) is 6.42 Å². The van der Waals surface area contributed by atoms with Gasteiger partial charge in [0.05, 0.1) is 0 Å². The topological polar surface area (TPSA) is 9.23 Å². The monoisotopic (exact) mass is 458 g/mol. The first-order chi connectivity index (χ1) is 15.1. The van der Waals surface area contributed by atoms with Crippen LogP contribution >= 0.6 is 0 Å². The predicted octanol–water partition coefficient (Wildman–Crippen LogP) is 7.56. The Balaban J connectivity index is 1.77. The zero-order valence-corrected chi connectivity index (χ0v) is 17.2. The second-order valence-corrected chi connectivity index (χ2v) is 8.42. The summed E-state index contributed by atoms with van der Waals surface area (Å²) in [5.41, 5.74) is 1.25. The van der Waals surface area contributed by atoms with Crippen molar-refractivity contribution in [2.24, 2.45) is 11.8 Å². The normalized spacial score (nSPS) is 25.5. The third kappa shape index (κ3) is 4.24. The molecule has 1 nitrogen and oxygen atoms in total. The average molecular weight is 458 g/mol. The Morgan fingerprint density at radius 3 is 2.22 bits per heavy atom. The maximum Gasteiger partial charge on any atom is 0.573 e. The van der Waals surface area contributed by atoms with Crippen LogP contribution in [0, 0.1) is 35.1 Å². The molecule has 4 atom stereocenters. The molecule has 0 radical (unpaired) electrons. The fourth-order valence-corrected chi connectivity index (χ4v) is 5.57. The molecule has 2 aromatic rings. The van der Waals surface area contributed by atoms with E-state index in [0.29, 0.717) is 36.8 Å². The van der Waals surface area contributed by atoms with E-state index in [1.54, 1.807) is 0 Å². The number of hydrogen-bond donors (Lipinski definition) is 0. The van der Waals surface area contributed by atoms with E-state index in [-0.39, 0.29) is 23.3 Å². The average Bonchev–Trinajstić information content (AvgIpc) is 2.69. The van der Waals surface area contributed by atoms with Gasteiger partial charge in [-0.1, -0.05) is 12.2 Å². The van der Waals surface area contributed by atoms with Crippen LogP contribution in [0.2, 0.25) is 0 Å². The lowest BCUT2D eigenvalue weighted by atomic mass is 9.58. The Labute approximate surface area is 180 Å². The SMILES string of the molecule is CC=C[C@@H]1CC[C@H]2c3cc(F)cc(F)c3CC[C@@H]2[C@H]1c1cc(F)c(OC(F)(F)F)c(F)c1. The van der Waals surface area contributed by atoms with Crippen LogP contribution in [0.4, 0.5) is 30.7 Å². The van der Waals surface area contributed by atoms with E-state index < -0.39 is 41.3 Å². The number of alkyl halides is 3. The van der Waals surface area contributed by atoms with E-state index in [0.717, 1.165) is 18.2 Å². The highest BCUT2D eigenvalue weighted by atomic mass is 19.4. The summed E-state index contributed by atoms with van der Waals surface area (Å²) in [6.07, 6.45) is 0.628. The lowest BCUT2D eigenvalue weighted by Gasteiger charge is -2.46. The lowest BCUT2D eigenvalue weighted by molar-refractivity contribution is -0.276. The van der Waals surface area contributed by atoms with Crippen molar-refractivity contribution in [3.63, 3.8) is 0 Å². The maximum atomic E-state index is 14.5. The molecule has 0 bridgehead atoms. The van der Waals surface area contributed by atoms with Crippen LogP contribution in [0.25, 0.3) is 0 Å². The van der Waals surface area contributed by atoms with Gasteiger partial charge in [0, 0.05) is 6.07 Å². The van der Waals surface area contributed by atoms with Gasteiger partial charge in [-0.25, -0.2) is 17.6 Å². The molecule has 2 aromatic carbocycles. The zero-order chi connectivity index (χ0) is 23.2. The van der Waals surface area contributed by atoms with E-state index in [9.17, 15) is 30.7 Å². The summed E-state index contributed by atoms with van der Waals surface area (Å²) in [5, 5.41) is 0. The summed E-state index contributed by atoms with van der Waals surface area (Å²) in [7, 11) is 0. The van der Waals surface area contributed by atoms with Gasteiger partial charge in [-0.05, 0) is 91.2 Å². The molecule has 0 aliphatic heterocycles. The van der Waals surface area contributed by atoms with Gasteiger partial charge >= 0.3 is 6.36 Å². The summed E-state index contributed by atoms with van der Waals surface area (Å²) < 4.78 is 98.4. The molecule has 4 rings (SSSR count). The molecule has 0 saturated heterocycles. The highest BCUT2D eigenvalue weighted by Gasteiger charge is 2.44. The van der Waals surface area contributed by atoms with Crippen molar-refractivity contribution in [2.75, 3.05) is 0 Å². The van der Waals surface area contributed by atoms with Gasteiger partial charge in [0.2, 0.25) is 5.75 Å². The second-order valence-electron chi connectivity index (χ2n) is 8.42. The number of rotatable bonds is 3. The van der Waals surface area contributed by atoms with Crippen LogP contribution in [0.3, 0.4) is 0 Å². The number of benzene rings is 2. The van der Waals surface area contributed by atoms with Crippen molar-refractivity contribution in [3.8, 4) is 5.75 Å². The molecule has 0 amide bonds. The van der Waals surface area contributed by atoms with Crippen molar-refractivity contribution in [2.45, 2.75) is 50.8 Å². The summed E-state index contributed by atoms with van der Waals surface area (Å²) >= 11 is 0. The standard InChI is InChI=1S/C24H21F7O/c1-2-3-12-4-5-15-17(7-6-16-18(15)10-14(25)11-19(16)26)22(12)13-8-20(27)23(21(28)9-13)32-24(29,30)31/h2-3,8-12,15,17,22H,4-7H2,1H3/t12-,15-,17+,22-/m1/s1. The number of ether oxygens (including phenoxy) is 1. The van der Waals surface area contributed by atoms with Crippen LogP contribution in [0.1, 0.15) is 54.7 Å². The van der Waals surface area contributed by atoms with E-state index in [2.05, 4.69) is 4.74 Å². The molecule has 0 unspecified atom stereocenters. The number of allylic oxidation sites excluding steroid dienone is 2. The van der Waals surface area contributed by atoms with Crippen LogP contribution < -0.4 is 4.74 Å². The largest absolute Gasteiger partial charge is 0.573 e. The van der Waals surface area contributed by atoms with Gasteiger partial charge in [0.15, 0.2) is 11.6 Å². The lowest BCUT2D eigenvalue weighted by Crippen LogP contribution is -2.35. The smallest absolute Gasteiger partial charge is 0.399 e. The van der Waals surface area contributed by atoms with E-state index in [1.165, 1.54) is 6.07 Å². The van der Waals surface area contributed by atoms with Gasteiger partial charge in [-0.15, -0.1) is 13.2 Å². The number of fused-ring (bicyclic) bond motifs is 3. The zero-order valence-electron chi connectivity index (χ0n) is 17.2. The number of hydrogen-bond acceptors (Lipinski definition) is 1. The molecule has 172 valence electrons. The van der Waals surface area contributed by atoms with E-state index >= 15 is 0 Å². The van der Waals surface area contributed by atoms with Crippen LogP contribution in [-0.4, -0.2) is 6.36 Å². The summed E-state index contributed by atoms with van der Waals surface area (Å²) in [5.74, 6) is -6.58. The molecule has 2 aliphatic carbocycles. The first kappa shape index (κ1) is 22.7.